The predicted octanol–water partition coefficient (Wildman–Crippen LogP) is 1.49. The Morgan fingerprint density at radius 1 is 1.42 bits per heavy atom. The van der Waals surface area contributed by atoms with Crippen LogP contribution >= 0.6 is 0 Å². The van der Waals surface area contributed by atoms with Gasteiger partial charge in [0.15, 0.2) is 0 Å². The Kier molecular flexibility index (Phi) is 4.85. The summed E-state index contributed by atoms with van der Waals surface area (Å²) in [6, 6.07) is 0.617. The van der Waals surface area contributed by atoms with E-state index in [0.717, 1.165) is 25.9 Å². The lowest BCUT2D eigenvalue weighted by Gasteiger charge is -2.23. The van der Waals surface area contributed by atoms with Gasteiger partial charge in [-0.1, -0.05) is 12.8 Å². The fourth-order valence-electron chi connectivity index (χ4n) is 3.39. The van der Waals surface area contributed by atoms with Crippen LogP contribution in [0.2, 0.25) is 0 Å². The Labute approximate surface area is 117 Å². The molecule has 1 saturated heterocycles. The second kappa shape index (κ2) is 6.23. The lowest BCUT2D eigenvalue weighted by Crippen LogP contribution is -2.43. The van der Waals surface area contributed by atoms with Crippen molar-refractivity contribution in [1.82, 2.24) is 10.2 Å². The topological polar surface area (TPSA) is 58.4 Å². The summed E-state index contributed by atoms with van der Waals surface area (Å²) in [6.07, 6.45) is 6.07. The van der Waals surface area contributed by atoms with Crippen molar-refractivity contribution in [2.75, 3.05) is 19.6 Å². The third kappa shape index (κ3) is 4.18. The highest BCUT2D eigenvalue weighted by molar-refractivity contribution is 5.77. The first-order chi connectivity index (χ1) is 8.98. The molecule has 2 aliphatic rings. The average molecular weight is 267 g/mol. The number of nitrogens with one attached hydrogen (secondary N) is 1. The molecule has 0 aromatic rings. The van der Waals surface area contributed by atoms with E-state index < -0.39 is 0 Å². The molecule has 110 valence electrons. The summed E-state index contributed by atoms with van der Waals surface area (Å²) in [7, 11) is 0. The van der Waals surface area contributed by atoms with Crippen LogP contribution in [0.15, 0.2) is 0 Å². The van der Waals surface area contributed by atoms with E-state index in [1.807, 2.05) is 0 Å². The van der Waals surface area contributed by atoms with Crippen LogP contribution in [0.3, 0.4) is 0 Å². The van der Waals surface area contributed by atoms with Crippen LogP contribution < -0.4 is 11.1 Å². The molecule has 0 radical (unpaired) electrons. The third-order valence-electron chi connectivity index (χ3n) is 4.75. The highest BCUT2D eigenvalue weighted by atomic mass is 16.1. The van der Waals surface area contributed by atoms with Gasteiger partial charge in [-0.2, -0.15) is 0 Å². The van der Waals surface area contributed by atoms with Crippen molar-refractivity contribution in [3.8, 4) is 0 Å². The molecule has 0 bridgehead atoms. The summed E-state index contributed by atoms with van der Waals surface area (Å²) in [5.74, 6) is 0.760. The van der Waals surface area contributed by atoms with Crippen LogP contribution in [0.4, 0.5) is 0 Å². The number of rotatable bonds is 5. The third-order valence-corrected chi connectivity index (χ3v) is 4.75. The fraction of sp³-hybridized carbons (Fsp3) is 0.933. The fourth-order valence-corrected chi connectivity index (χ4v) is 3.39. The Balaban J connectivity index is 1.67. The summed E-state index contributed by atoms with van der Waals surface area (Å²) in [4.78, 5) is 14.5. The molecule has 1 saturated carbocycles. The summed E-state index contributed by atoms with van der Waals surface area (Å²) in [6.45, 7) is 7.57. The van der Waals surface area contributed by atoms with Gasteiger partial charge in [0.1, 0.15) is 0 Å². The SMILES string of the molecule is CC(C)N1CCC(CNC(=O)CC2(N)CCCC2)C1. The van der Waals surface area contributed by atoms with E-state index in [1.165, 1.54) is 25.8 Å². The van der Waals surface area contributed by atoms with Gasteiger partial charge in [-0.25, -0.2) is 0 Å². The average Bonchev–Trinajstić information content (AvgIpc) is 2.95. The van der Waals surface area contributed by atoms with Crippen LogP contribution in [-0.4, -0.2) is 42.0 Å². The maximum atomic E-state index is 12.0. The maximum absolute atomic E-state index is 12.0. The minimum Gasteiger partial charge on any atom is -0.356 e. The minimum atomic E-state index is -0.219. The molecule has 19 heavy (non-hydrogen) atoms. The van der Waals surface area contributed by atoms with E-state index in [4.69, 9.17) is 5.73 Å². The van der Waals surface area contributed by atoms with Gasteiger partial charge in [-0.15, -0.1) is 0 Å². The molecule has 0 spiro atoms. The highest BCUT2D eigenvalue weighted by Crippen LogP contribution is 2.29. The number of amides is 1. The van der Waals surface area contributed by atoms with Crippen LogP contribution in [0.25, 0.3) is 0 Å². The molecule has 1 amide bonds. The quantitative estimate of drug-likeness (QED) is 0.793. The number of hydrogen-bond donors (Lipinski definition) is 2. The molecule has 4 nitrogen and oxygen atoms in total. The van der Waals surface area contributed by atoms with Crippen LogP contribution in [-0.2, 0) is 4.79 Å². The Hall–Kier alpha value is -0.610. The highest BCUT2D eigenvalue weighted by Gasteiger charge is 2.32. The first kappa shape index (κ1) is 14.8. The molecule has 3 N–H and O–H groups in total. The van der Waals surface area contributed by atoms with Gasteiger partial charge in [0.2, 0.25) is 5.91 Å². The first-order valence-corrected chi connectivity index (χ1v) is 7.78. The molecule has 1 atom stereocenters. The van der Waals surface area contributed by atoms with Gasteiger partial charge in [0, 0.05) is 31.1 Å². The molecule has 1 heterocycles. The molecular formula is C15H29N3O. The maximum Gasteiger partial charge on any atom is 0.221 e. The summed E-state index contributed by atoms with van der Waals surface area (Å²) in [5, 5.41) is 3.09. The number of hydrogen-bond acceptors (Lipinski definition) is 3. The van der Waals surface area contributed by atoms with Gasteiger partial charge >= 0.3 is 0 Å². The van der Waals surface area contributed by atoms with E-state index in [-0.39, 0.29) is 11.4 Å². The van der Waals surface area contributed by atoms with E-state index in [1.54, 1.807) is 0 Å². The zero-order valence-electron chi connectivity index (χ0n) is 12.5. The number of carbonyl (C=O) groups excluding carboxylic acids is 1. The molecular weight excluding hydrogens is 238 g/mol. The van der Waals surface area contributed by atoms with Crippen molar-refractivity contribution in [3.05, 3.63) is 0 Å². The molecule has 2 rings (SSSR count). The van der Waals surface area contributed by atoms with Crippen molar-refractivity contribution in [2.24, 2.45) is 11.7 Å². The second-order valence-electron chi connectivity index (χ2n) is 6.79. The minimum absolute atomic E-state index is 0.146. The normalized spacial score (nSPS) is 27.1. The predicted molar refractivity (Wildman–Crippen MR) is 77.8 cm³/mol. The van der Waals surface area contributed by atoms with Crippen molar-refractivity contribution in [3.63, 3.8) is 0 Å². The van der Waals surface area contributed by atoms with Crippen LogP contribution in [0.5, 0.6) is 0 Å². The second-order valence-corrected chi connectivity index (χ2v) is 6.79. The molecule has 0 aromatic heterocycles. The monoisotopic (exact) mass is 267 g/mol. The first-order valence-electron chi connectivity index (χ1n) is 7.78. The molecule has 1 unspecified atom stereocenters. The molecule has 4 heteroatoms. The van der Waals surface area contributed by atoms with Gasteiger partial charge in [0.05, 0.1) is 0 Å². The van der Waals surface area contributed by atoms with Crippen molar-refractivity contribution in [1.29, 1.82) is 0 Å². The van der Waals surface area contributed by atoms with E-state index in [0.29, 0.717) is 18.4 Å². The standard InChI is InChI=1S/C15H29N3O/c1-12(2)18-8-5-13(11-18)10-17-14(19)9-15(16)6-3-4-7-15/h12-13H,3-11,16H2,1-2H3,(H,17,19). The van der Waals surface area contributed by atoms with E-state index in [2.05, 4.69) is 24.1 Å². The van der Waals surface area contributed by atoms with Crippen molar-refractivity contribution >= 4 is 5.91 Å². The lowest BCUT2D eigenvalue weighted by atomic mass is 9.94. The zero-order chi connectivity index (χ0) is 13.9. The molecule has 2 fully saturated rings. The van der Waals surface area contributed by atoms with E-state index >= 15 is 0 Å². The molecule has 1 aliphatic heterocycles. The van der Waals surface area contributed by atoms with Gasteiger partial charge < -0.3 is 16.0 Å². The number of carbonyl (C=O) groups is 1. The van der Waals surface area contributed by atoms with Crippen LogP contribution in [0.1, 0.15) is 52.4 Å². The summed E-state index contributed by atoms with van der Waals surface area (Å²) in [5.41, 5.74) is 6.02. The zero-order valence-corrected chi connectivity index (χ0v) is 12.5. The van der Waals surface area contributed by atoms with Gasteiger partial charge in [-0.05, 0) is 45.6 Å². The Morgan fingerprint density at radius 2 is 2.11 bits per heavy atom. The largest absolute Gasteiger partial charge is 0.356 e. The van der Waals surface area contributed by atoms with Crippen molar-refractivity contribution in [2.45, 2.75) is 64.0 Å². The van der Waals surface area contributed by atoms with E-state index in [9.17, 15) is 4.79 Å². The number of nitrogens with two attached hydrogens (primary N) is 1. The number of likely N-dealkylation sites (tertiary alicyclic amines) is 1. The Bertz CT molecular complexity index is 311. The van der Waals surface area contributed by atoms with Crippen LogP contribution in [0, 0.1) is 5.92 Å². The summed E-state index contributed by atoms with van der Waals surface area (Å²) >= 11 is 0. The molecule has 1 aliphatic carbocycles. The summed E-state index contributed by atoms with van der Waals surface area (Å²) < 4.78 is 0. The molecule has 0 aromatic carbocycles. The number of nitrogens with zero attached hydrogens (tertiary/aromatic N) is 1. The van der Waals surface area contributed by atoms with Gasteiger partial charge in [-0.3, -0.25) is 4.79 Å². The van der Waals surface area contributed by atoms with Crippen molar-refractivity contribution < 1.29 is 4.79 Å². The smallest absolute Gasteiger partial charge is 0.221 e. The Morgan fingerprint density at radius 3 is 2.68 bits per heavy atom. The van der Waals surface area contributed by atoms with Gasteiger partial charge in [0.25, 0.3) is 0 Å². The lowest BCUT2D eigenvalue weighted by molar-refractivity contribution is -0.122.